The molecule has 69 heavy (non-hydrogen) atoms. The van der Waals surface area contributed by atoms with Crippen molar-refractivity contribution in [2.45, 2.75) is 128 Å². The topological polar surface area (TPSA) is 217 Å². The summed E-state index contributed by atoms with van der Waals surface area (Å²) in [6, 6.07) is 11.1. The Morgan fingerprint density at radius 1 is 0.826 bits per heavy atom. The molecule has 4 N–H and O–H groups in total. The minimum atomic E-state index is -4.08. The van der Waals surface area contributed by atoms with Gasteiger partial charge in [-0.2, -0.15) is 0 Å². The fourth-order valence-electron chi connectivity index (χ4n) is 11.1. The number of hydrogen-bond donors (Lipinski definition) is 4. The van der Waals surface area contributed by atoms with Crippen molar-refractivity contribution in [3.05, 3.63) is 76.8 Å². The van der Waals surface area contributed by atoms with Gasteiger partial charge < -0.3 is 34.9 Å². The zero-order valence-corrected chi connectivity index (χ0v) is 41.5. The van der Waals surface area contributed by atoms with E-state index >= 15 is 0 Å². The first-order valence-corrected chi connectivity index (χ1v) is 25.6. The first-order chi connectivity index (χ1) is 33.0. The summed E-state index contributed by atoms with van der Waals surface area (Å²) in [5.41, 5.74) is 7.73. The number of rotatable bonds is 12. The zero-order valence-electron chi connectivity index (χ0n) is 40.7. The van der Waals surface area contributed by atoms with Gasteiger partial charge in [-0.3, -0.25) is 19.3 Å². The lowest BCUT2D eigenvalue weighted by atomic mass is 9.77. The second-order valence-corrected chi connectivity index (χ2v) is 21.3. The lowest BCUT2D eigenvalue weighted by Gasteiger charge is -2.32. The molecule has 1 spiro atoms. The predicted molar refractivity (Wildman–Crippen MR) is 264 cm³/mol. The maximum atomic E-state index is 14.1. The summed E-state index contributed by atoms with van der Waals surface area (Å²) >= 11 is 0. The number of imidazole rings is 1. The molecule has 4 amide bonds. The van der Waals surface area contributed by atoms with Gasteiger partial charge in [-0.25, -0.2) is 28.0 Å². The number of carbonyl (C=O) groups is 4. The molecule has 4 atom stereocenters. The third kappa shape index (κ3) is 9.56. The number of benzene rings is 2. The number of nitrogens with one attached hydrogen (secondary N) is 4. The fourth-order valence-corrected chi connectivity index (χ4v) is 12.4. The molecule has 0 unspecified atom stereocenters. The number of alkyl carbamates (subject to hydrolysis) is 2. The van der Waals surface area contributed by atoms with Crippen LogP contribution in [-0.4, -0.2) is 110 Å². The van der Waals surface area contributed by atoms with E-state index in [1.165, 1.54) is 19.8 Å². The summed E-state index contributed by atoms with van der Waals surface area (Å²) in [5.74, 6) is 0.00285. The van der Waals surface area contributed by atoms with E-state index in [1.54, 1.807) is 28.1 Å². The molecule has 2 aliphatic carbocycles. The highest BCUT2D eigenvalue weighted by molar-refractivity contribution is 7.90. The average molecular weight is 964 g/mol. The van der Waals surface area contributed by atoms with Crippen molar-refractivity contribution in [2.75, 3.05) is 27.3 Å². The maximum absolute atomic E-state index is 14.1. The number of amides is 4. The van der Waals surface area contributed by atoms with Gasteiger partial charge in [0.1, 0.15) is 28.6 Å². The monoisotopic (exact) mass is 963 g/mol. The first-order valence-electron chi connectivity index (χ1n) is 24.1. The van der Waals surface area contributed by atoms with E-state index in [1.807, 2.05) is 45.9 Å². The third-order valence-electron chi connectivity index (χ3n) is 14.8. The summed E-state index contributed by atoms with van der Waals surface area (Å²) < 4.78 is 40.5. The van der Waals surface area contributed by atoms with E-state index in [0.717, 1.165) is 90.6 Å². The number of H-pyrrole nitrogens is 1. The Kier molecular flexibility index (Phi) is 14.2. The maximum Gasteiger partial charge on any atom is 0.407 e. The number of methoxy groups -OCH3 is 2. The smallest absolute Gasteiger partial charge is 0.407 e. The van der Waals surface area contributed by atoms with Crippen LogP contribution in [-0.2, 0) is 29.1 Å². The van der Waals surface area contributed by atoms with Crippen LogP contribution in [0.5, 0.6) is 0 Å². The number of nitrogens with zero attached hydrogens (tertiary/aromatic N) is 5. The number of allylic oxidation sites excluding steroid dienone is 3. The van der Waals surface area contributed by atoms with Crippen LogP contribution in [0, 0.1) is 17.3 Å². The van der Waals surface area contributed by atoms with E-state index in [2.05, 4.69) is 46.1 Å². The van der Waals surface area contributed by atoms with Gasteiger partial charge in [0, 0.05) is 18.7 Å². The Bertz CT molecular complexity index is 2720. The third-order valence-corrected chi connectivity index (χ3v) is 16.2. The largest absolute Gasteiger partial charge is 0.453 e. The molecule has 4 fully saturated rings. The number of likely N-dealkylation sites (tertiary alicyclic amines) is 2. The van der Waals surface area contributed by atoms with Crippen molar-refractivity contribution in [1.29, 1.82) is 0 Å². The standard InChI is InChI=1S/C51H65N9O8S/c1-29(2)42(56-49(63)67-7)47(61)59-25-11-13-38(59)45-53-28-37(55-45)32-15-17-33(18-16-32)44(52-6)41-35(21-24-51(41)22-9-10-23-51)31(5)34-19-20-36-40(27-34)69(65,66)58-46(54-36)39-14-12-26-60(39)48(62)43(30(3)4)57-50(64)68-8/h15-20,27-30,38-39,42-43H,6,9-14,21-26H2,1-5,7-8H3,(H,53,55)(H,54,58)(H,56,63)(H,57,64)/b35-31+,44-41+/t38-,39-,42-,43-/m0/s1. The molecule has 2 saturated heterocycles. The van der Waals surface area contributed by atoms with E-state index in [-0.39, 0.29) is 45.8 Å². The van der Waals surface area contributed by atoms with E-state index in [4.69, 9.17) is 24.4 Å². The van der Waals surface area contributed by atoms with Crippen LogP contribution >= 0.6 is 0 Å². The summed E-state index contributed by atoms with van der Waals surface area (Å²) in [6.45, 7) is 14.6. The van der Waals surface area contributed by atoms with Crippen LogP contribution in [0.25, 0.3) is 22.5 Å². The number of fused-ring (bicyclic) bond motifs is 1. The van der Waals surface area contributed by atoms with Gasteiger partial charge >= 0.3 is 12.2 Å². The number of sulfonamides is 1. The number of hydrogen-bond acceptors (Lipinski definition) is 11. The van der Waals surface area contributed by atoms with Crippen LogP contribution in [0.3, 0.4) is 0 Å². The van der Waals surface area contributed by atoms with Crippen molar-refractivity contribution in [1.82, 2.24) is 35.1 Å². The highest BCUT2D eigenvalue weighted by Gasteiger charge is 2.46. The molecule has 0 bridgehead atoms. The van der Waals surface area contributed by atoms with Crippen LogP contribution in [0.2, 0.25) is 0 Å². The SMILES string of the molecule is C=N/C(=C1\C(=C(/C)c2ccc3c(c2)S(=O)(=O)NC([C@@H]2CCCN2C(=O)[C@@H](NC(=O)OC)C(C)C)=N3)CCC12CCCC2)c1ccc(-c2cnc([C@@H]3CCCN3C(=O)[C@@H](NC(=O)OC)C(C)C)[nH]2)cc1. The number of amidine groups is 1. The minimum Gasteiger partial charge on any atom is -0.453 e. The molecule has 4 heterocycles. The minimum absolute atomic E-state index is 0.0632. The zero-order chi connectivity index (χ0) is 49.4. The Hall–Kier alpha value is -6.30. The number of aromatic amines is 1. The first kappa shape index (κ1) is 49.1. The summed E-state index contributed by atoms with van der Waals surface area (Å²) in [5, 5.41) is 5.34. The van der Waals surface area contributed by atoms with Gasteiger partial charge in [-0.15, -0.1) is 0 Å². The van der Waals surface area contributed by atoms with Crippen molar-refractivity contribution >= 4 is 63.5 Å². The summed E-state index contributed by atoms with van der Waals surface area (Å²) in [7, 11) is -1.56. The normalized spacial score (nSPS) is 22.7. The summed E-state index contributed by atoms with van der Waals surface area (Å²) in [4.78, 5) is 73.0. The van der Waals surface area contributed by atoms with Crippen LogP contribution < -0.4 is 15.4 Å². The number of carbonyl (C=O) groups excluding carboxylic acids is 4. The second kappa shape index (κ2) is 20.0. The van der Waals surface area contributed by atoms with Crippen LogP contribution in [0.15, 0.2) is 74.7 Å². The van der Waals surface area contributed by atoms with Gasteiger partial charge in [0.2, 0.25) is 11.8 Å². The molecule has 2 saturated carbocycles. The van der Waals surface area contributed by atoms with Crippen molar-refractivity contribution in [3.63, 3.8) is 0 Å². The lowest BCUT2D eigenvalue weighted by molar-refractivity contribution is -0.135. The van der Waals surface area contributed by atoms with Gasteiger partial charge in [0.15, 0.2) is 0 Å². The molecule has 17 nitrogen and oxygen atoms in total. The van der Waals surface area contributed by atoms with E-state index in [9.17, 15) is 27.6 Å². The Labute approximate surface area is 404 Å². The fraction of sp³-hybridized carbons (Fsp3) is 0.510. The van der Waals surface area contributed by atoms with Crippen molar-refractivity contribution in [2.24, 2.45) is 27.2 Å². The molecular weight excluding hydrogens is 899 g/mol. The van der Waals surface area contributed by atoms with Crippen LogP contribution in [0.1, 0.15) is 122 Å². The van der Waals surface area contributed by atoms with E-state index in [0.29, 0.717) is 37.4 Å². The van der Waals surface area contributed by atoms with Gasteiger partial charge in [0.05, 0.1) is 49.6 Å². The molecule has 368 valence electrons. The number of ether oxygens (including phenoxy) is 2. The molecule has 3 aliphatic heterocycles. The van der Waals surface area contributed by atoms with Crippen molar-refractivity contribution in [3.8, 4) is 11.3 Å². The molecule has 8 rings (SSSR count). The van der Waals surface area contributed by atoms with Gasteiger partial charge in [-0.05, 0) is 122 Å². The Morgan fingerprint density at radius 2 is 1.41 bits per heavy atom. The number of aliphatic imine (C=N–C) groups is 2. The Morgan fingerprint density at radius 3 is 1.99 bits per heavy atom. The highest BCUT2D eigenvalue weighted by atomic mass is 32.2. The number of aromatic nitrogens is 2. The van der Waals surface area contributed by atoms with Crippen molar-refractivity contribution < 1.29 is 37.1 Å². The lowest BCUT2D eigenvalue weighted by Crippen LogP contribution is -2.56. The van der Waals surface area contributed by atoms with Gasteiger partial charge in [0.25, 0.3) is 10.0 Å². The molecular formula is C51H65N9O8S. The second-order valence-electron chi connectivity index (χ2n) is 19.6. The molecule has 5 aliphatic rings. The van der Waals surface area contributed by atoms with Crippen LogP contribution in [0.4, 0.5) is 15.3 Å². The Balaban J connectivity index is 1.07. The molecule has 18 heteroatoms. The predicted octanol–water partition coefficient (Wildman–Crippen LogP) is 8.05. The highest BCUT2D eigenvalue weighted by Crippen LogP contribution is 2.59. The van der Waals surface area contributed by atoms with Gasteiger partial charge in [-0.1, -0.05) is 70.9 Å². The van der Waals surface area contributed by atoms with E-state index < -0.39 is 40.3 Å². The molecule has 3 aromatic rings. The molecule has 0 radical (unpaired) electrons. The summed E-state index contributed by atoms with van der Waals surface area (Å²) in [6.07, 6.45) is 9.20. The average Bonchev–Trinajstić information content (AvgIpc) is 4.21. The molecule has 1 aromatic heterocycles. The quantitative estimate of drug-likeness (QED) is 0.129. The molecule has 2 aromatic carbocycles.